The van der Waals surface area contributed by atoms with Crippen molar-refractivity contribution in [1.29, 1.82) is 0 Å². The zero-order chi connectivity index (χ0) is 15.1. The van der Waals surface area contributed by atoms with Gasteiger partial charge in [0.25, 0.3) is 0 Å². The number of benzene rings is 2. The van der Waals surface area contributed by atoms with Crippen molar-refractivity contribution in [3.63, 3.8) is 0 Å². The molecule has 0 spiro atoms. The molecule has 2 aromatic carbocycles. The lowest BCUT2D eigenvalue weighted by atomic mass is 9.98. The smallest absolute Gasteiger partial charge is 0.312 e. The fourth-order valence-electron chi connectivity index (χ4n) is 2.38. The maximum absolute atomic E-state index is 11.5. The third-order valence-electron chi connectivity index (χ3n) is 3.62. The topological polar surface area (TPSA) is 40.5 Å². The van der Waals surface area contributed by atoms with Crippen molar-refractivity contribution in [2.24, 2.45) is 0 Å². The van der Waals surface area contributed by atoms with Crippen molar-refractivity contribution < 1.29 is 9.90 Å². The number of nitrogens with zero attached hydrogens (tertiary/aromatic N) is 1. The zero-order valence-electron chi connectivity index (χ0n) is 12.3. The molecule has 0 fully saturated rings. The summed E-state index contributed by atoms with van der Waals surface area (Å²) >= 11 is 0. The van der Waals surface area contributed by atoms with Crippen LogP contribution in [0.5, 0.6) is 0 Å². The van der Waals surface area contributed by atoms with Gasteiger partial charge in [-0.3, -0.25) is 4.79 Å². The van der Waals surface area contributed by atoms with Crippen molar-refractivity contribution in [3.05, 3.63) is 71.8 Å². The van der Waals surface area contributed by atoms with E-state index < -0.39 is 11.9 Å². The lowest BCUT2D eigenvalue weighted by molar-refractivity contribution is -0.139. The number of carboxylic acid groups (broad SMARTS) is 1. The fraction of sp³-hybridized carbons (Fsp3) is 0.278. The maximum Gasteiger partial charge on any atom is 0.312 e. The molecule has 0 aliphatic heterocycles. The van der Waals surface area contributed by atoms with E-state index in [0.29, 0.717) is 6.54 Å². The van der Waals surface area contributed by atoms with Crippen LogP contribution in [0, 0.1) is 0 Å². The Morgan fingerprint density at radius 3 is 2.19 bits per heavy atom. The lowest BCUT2D eigenvalue weighted by Gasteiger charge is -2.21. The predicted molar refractivity (Wildman–Crippen MR) is 84.5 cm³/mol. The van der Waals surface area contributed by atoms with Gasteiger partial charge >= 0.3 is 5.97 Å². The van der Waals surface area contributed by atoms with Crippen LogP contribution < -0.4 is 0 Å². The second-order valence-electron chi connectivity index (χ2n) is 5.30. The summed E-state index contributed by atoms with van der Waals surface area (Å²) in [5, 5.41) is 9.43. The van der Waals surface area contributed by atoms with E-state index in [4.69, 9.17) is 0 Å². The van der Waals surface area contributed by atoms with Crippen LogP contribution in [0.25, 0.3) is 0 Å². The Hall–Kier alpha value is -2.13. The molecule has 0 saturated heterocycles. The van der Waals surface area contributed by atoms with E-state index in [2.05, 4.69) is 17.0 Å². The average molecular weight is 283 g/mol. The predicted octanol–water partition coefficient (Wildman–Crippen LogP) is 3.03. The van der Waals surface area contributed by atoms with Crippen LogP contribution in [-0.2, 0) is 11.2 Å². The van der Waals surface area contributed by atoms with Gasteiger partial charge in [0.05, 0.1) is 5.92 Å². The summed E-state index contributed by atoms with van der Waals surface area (Å²) in [6.45, 7) is 1.37. The van der Waals surface area contributed by atoms with Gasteiger partial charge in [-0.1, -0.05) is 60.7 Å². The van der Waals surface area contributed by atoms with Gasteiger partial charge in [0.15, 0.2) is 0 Å². The maximum atomic E-state index is 11.5. The first kappa shape index (κ1) is 15.3. The Labute approximate surface area is 125 Å². The summed E-state index contributed by atoms with van der Waals surface area (Å²) in [6.07, 6.45) is 0.929. The summed E-state index contributed by atoms with van der Waals surface area (Å²) in [5.41, 5.74) is 2.13. The molecule has 1 atom stereocenters. The average Bonchev–Trinajstić information content (AvgIpc) is 2.52. The summed E-state index contributed by atoms with van der Waals surface area (Å²) in [6, 6.07) is 19.7. The van der Waals surface area contributed by atoms with Gasteiger partial charge in [-0.05, 0) is 24.6 Å². The number of aliphatic carboxylic acids is 1. The van der Waals surface area contributed by atoms with Crippen LogP contribution in [0.15, 0.2) is 60.7 Å². The molecule has 21 heavy (non-hydrogen) atoms. The Morgan fingerprint density at radius 2 is 1.62 bits per heavy atom. The van der Waals surface area contributed by atoms with Crippen molar-refractivity contribution >= 4 is 5.97 Å². The molecule has 110 valence electrons. The fourth-order valence-corrected chi connectivity index (χ4v) is 2.38. The summed E-state index contributed by atoms with van der Waals surface area (Å²) in [7, 11) is 1.97. The molecule has 3 heteroatoms. The van der Waals surface area contributed by atoms with Crippen LogP contribution in [-0.4, -0.2) is 36.1 Å². The van der Waals surface area contributed by atoms with Crippen LogP contribution in [0.2, 0.25) is 0 Å². The Morgan fingerprint density at radius 1 is 1.05 bits per heavy atom. The third kappa shape index (κ3) is 4.72. The van der Waals surface area contributed by atoms with E-state index in [0.717, 1.165) is 18.5 Å². The van der Waals surface area contributed by atoms with E-state index in [9.17, 15) is 9.90 Å². The van der Waals surface area contributed by atoms with Gasteiger partial charge in [-0.15, -0.1) is 0 Å². The highest BCUT2D eigenvalue weighted by Gasteiger charge is 2.21. The molecule has 1 unspecified atom stereocenters. The molecule has 2 rings (SSSR count). The minimum atomic E-state index is -0.771. The zero-order valence-corrected chi connectivity index (χ0v) is 12.3. The van der Waals surface area contributed by atoms with E-state index in [1.807, 2.05) is 55.6 Å². The highest BCUT2D eigenvalue weighted by atomic mass is 16.4. The second-order valence-corrected chi connectivity index (χ2v) is 5.30. The van der Waals surface area contributed by atoms with Crippen molar-refractivity contribution in [2.75, 3.05) is 20.1 Å². The van der Waals surface area contributed by atoms with E-state index in [1.54, 1.807) is 0 Å². The molecule has 0 saturated carbocycles. The Kier molecular flexibility index (Phi) is 5.52. The summed E-state index contributed by atoms with van der Waals surface area (Å²) in [5.74, 6) is -1.25. The standard InChI is InChI=1S/C18H21NO2/c1-19(13-12-15-8-4-2-5-9-15)14-17(18(20)21)16-10-6-3-7-11-16/h2-11,17H,12-14H2,1H3,(H,20,21). The molecular formula is C18H21NO2. The summed E-state index contributed by atoms with van der Waals surface area (Å²) in [4.78, 5) is 13.6. The second kappa shape index (κ2) is 7.60. The first-order valence-corrected chi connectivity index (χ1v) is 7.17. The molecule has 1 N–H and O–H groups in total. The molecule has 0 aromatic heterocycles. The van der Waals surface area contributed by atoms with Crippen LogP contribution in [0.4, 0.5) is 0 Å². The monoisotopic (exact) mass is 283 g/mol. The number of likely N-dealkylation sites (N-methyl/N-ethyl adjacent to an activating group) is 1. The third-order valence-corrected chi connectivity index (χ3v) is 3.62. The van der Waals surface area contributed by atoms with Crippen molar-refractivity contribution in [1.82, 2.24) is 4.90 Å². The van der Waals surface area contributed by atoms with E-state index in [-0.39, 0.29) is 0 Å². The molecule has 0 heterocycles. The molecule has 3 nitrogen and oxygen atoms in total. The summed E-state index contributed by atoms with van der Waals surface area (Å²) < 4.78 is 0. The molecule has 2 aromatic rings. The largest absolute Gasteiger partial charge is 0.481 e. The van der Waals surface area contributed by atoms with E-state index >= 15 is 0 Å². The van der Waals surface area contributed by atoms with Gasteiger partial charge in [0.1, 0.15) is 0 Å². The molecule has 0 aliphatic carbocycles. The normalized spacial score (nSPS) is 12.3. The van der Waals surface area contributed by atoms with Gasteiger partial charge < -0.3 is 10.0 Å². The Bertz CT molecular complexity index is 554. The molecule has 0 amide bonds. The quantitative estimate of drug-likeness (QED) is 0.849. The first-order chi connectivity index (χ1) is 10.2. The lowest BCUT2D eigenvalue weighted by Crippen LogP contribution is -2.30. The first-order valence-electron chi connectivity index (χ1n) is 7.17. The number of hydrogen-bond donors (Lipinski definition) is 1. The number of rotatable bonds is 7. The van der Waals surface area contributed by atoms with Crippen LogP contribution >= 0.6 is 0 Å². The minimum absolute atomic E-state index is 0.480. The molecule has 0 radical (unpaired) electrons. The Balaban J connectivity index is 1.93. The van der Waals surface area contributed by atoms with Gasteiger partial charge in [0, 0.05) is 13.1 Å². The van der Waals surface area contributed by atoms with Gasteiger partial charge in [-0.2, -0.15) is 0 Å². The highest BCUT2D eigenvalue weighted by Crippen LogP contribution is 2.17. The number of carboxylic acids is 1. The highest BCUT2D eigenvalue weighted by molar-refractivity contribution is 5.76. The number of hydrogen-bond acceptors (Lipinski definition) is 2. The van der Waals surface area contributed by atoms with E-state index in [1.165, 1.54) is 5.56 Å². The molecular weight excluding hydrogens is 262 g/mol. The number of carbonyl (C=O) groups is 1. The molecule has 0 aliphatic rings. The van der Waals surface area contributed by atoms with Gasteiger partial charge in [0.2, 0.25) is 0 Å². The van der Waals surface area contributed by atoms with Crippen LogP contribution in [0.1, 0.15) is 17.0 Å². The van der Waals surface area contributed by atoms with Crippen molar-refractivity contribution in [2.45, 2.75) is 12.3 Å². The van der Waals surface area contributed by atoms with Gasteiger partial charge in [-0.25, -0.2) is 0 Å². The molecule has 0 bridgehead atoms. The van der Waals surface area contributed by atoms with Crippen molar-refractivity contribution in [3.8, 4) is 0 Å². The SMILES string of the molecule is CN(CCc1ccccc1)CC(C(=O)O)c1ccccc1. The minimum Gasteiger partial charge on any atom is -0.481 e. The van der Waals surface area contributed by atoms with Crippen LogP contribution in [0.3, 0.4) is 0 Å².